The average Bonchev–Trinajstić information content (AvgIpc) is 2.33. The van der Waals surface area contributed by atoms with Crippen LogP contribution < -0.4 is 0 Å². The second-order valence-electron chi connectivity index (χ2n) is 5.58. The van der Waals surface area contributed by atoms with Crippen molar-refractivity contribution in [3.8, 4) is 18.1 Å². The first-order valence-corrected chi connectivity index (χ1v) is 6.46. The van der Waals surface area contributed by atoms with E-state index >= 15 is 0 Å². The van der Waals surface area contributed by atoms with Gasteiger partial charge in [-0.15, -0.1) is 6.42 Å². The normalized spacial score (nSPS) is 12.3. The van der Waals surface area contributed by atoms with E-state index in [1.165, 1.54) is 4.90 Å². The lowest BCUT2D eigenvalue weighted by Gasteiger charge is -2.30. The summed E-state index contributed by atoms with van der Waals surface area (Å²) in [4.78, 5) is 13.7. The highest BCUT2D eigenvalue weighted by Gasteiger charge is 2.26. The fraction of sp³-hybridized carbons (Fsp3) is 0.438. The zero-order valence-electron chi connectivity index (χ0n) is 12.4. The molecule has 20 heavy (non-hydrogen) atoms. The lowest BCUT2D eigenvalue weighted by atomic mass is 10.1. The van der Waals surface area contributed by atoms with E-state index in [0.29, 0.717) is 0 Å². The molecule has 0 radical (unpaired) electrons. The first-order valence-electron chi connectivity index (χ1n) is 6.46. The largest absolute Gasteiger partial charge is 0.508 e. The molecule has 0 fully saturated rings. The lowest BCUT2D eigenvalue weighted by Crippen LogP contribution is -2.38. The Labute approximate surface area is 120 Å². The van der Waals surface area contributed by atoms with Crippen LogP contribution in [-0.4, -0.2) is 28.2 Å². The molecular formula is C16H21NO3. The molecule has 1 aromatic rings. The molecule has 0 spiro atoms. The minimum Gasteiger partial charge on any atom is -0.508 e. The van der Waals surface area contributed by atoms with Gasteiger partial charge in [-0.2, -0.15) is 0 Å². The third-order valence-electron chi connectivity index (χ3n) is 2.71. The van der Waals surface area contributed by atoms with E-state index in [4.69, 9.17) is 11.2 Å². The number of carbonyl (C=O) groups excluding carboxylic acids is 1. The number of carbonyl (C=O) groups is 1. The molecule has 0 saturated carbocycles. The van der Waals surface area contributed by atoms with Gasteiger partial charge < -0.3 is 9.84 Å². The van der Waals surface area contributed by atoms with Crippen molar-refractivity contribution in [2.75, 3.05) is 6.54 Å². The van der Waals surface area contributed by atoms with E-state index in [0.717, 1.165) is 5.56 Å². The number of nitrogens with zero attached hydrogens (tertiary/aromatic N) is 1. The van der Waals surface area contributed by atoms with Gasteiger partial charge in [0.15, 0.2) is 0 Å². The van der Waals surface area contributed by atoms with Crippen molar-refractivity contribution in [2.45, 2.75) is 39.3 Å². The van der Waals surface area contributed by atoms with Gasteiger partial charge in [-0.05, 0) is 45.4 Å². The van der Waals surface area contributed by atoms with Gasteiger partial charge in [0.25, 0.3) is 0 Å². The summed E-state index contributed by atoms with van der Waals surface area (Å²) >= 11 is 0. The van der Waals surface area contributed by atoms with E-state index in [-0.39, 0.29) is 18.3 Å². The number of hydrogen-bond donors (Lipinski definition) is 1. The molecule has 1 amide bonds. The number of phenols is 1. The summed E-state index contributed by atoms with van der Waals surface area (Å²) in [6.07, 6.45) is 4.86. The summed E-state index contributed by atoms with van der Waals surface area (Å²) < 4.78 is 5.35. The Morgan fingerprint density at radius 3 is 2.65 bits per heavy atom. The molecule has 108 valence electrons. The minimum absolute atomic E-state index is 0.145. The molecule has 4 heteroatoms. The second-order valence-corrected chi connectivity index (χ2v) is 5.58. The SMILES string of the molecule is C#CCN(C(=O)OC(C)(C)C)C(C)c1cccc(O)c1. The smallest absolute Gasteiger partial charge is 0.411 e. The number of ether oxygens (including phenoxy) is 1. The third kappa shape index (κ3) is 4.51. The maximum absolute atomic E-state index is 12.2. The summed E-state index contributed by atoms with van der Waals surface area (Å²) in [7, 11) is 0. The number of aromatic hydroxyl groups is 1. The first kappa shape index (κ1) is 15.9. The van der Waals surface area contributed by atoms with Crippen molar-refractivity contribution in [1.82, 2.24) is 4.90 Å². The fourth-order valence-corrected chi connectivity index (χ4v) is 1.74. The monoisotopic (exact) mass is 275 g/mol. The van der Waals surface area contributed by atoms with Gasteiger partial charge in [-0.3, -0.25) is 4.90 Å². The molecule has 1 unspecified atom stereocenters. The number of terminal acetylenes is 1. The topological polar surface area (TPSA) is 49.8 Å². The highest BCUT2D eigenvalue weighted by molar-refractivity contribution is 5.69. The van der Waals surface area contributed by atoms with Gasteiger partial charge in [-0.25, -0.2) is 4.79 Å². The van der Waals surface area contributed by atoms with Crippen LogP contribution in [-0.2, 0) is 4.74 Å². The molecule has 0 aliphatic carbocycles. The van der Waals surface area contributed by atoms with E-state index in [2.05, 4.69) is 5.92 Å². The van der Waals surface area contributed by atoms with Crippen LogP contribution in [0, 0.1) is 12.3 Å². The van der Waals surface area contributed by atoms with Crippen LogP contribution >= 0.6 is 0 Å². The van der Waals surface area contributed by atoms with Crippen molar-refractivity contribution in [1.29, 1.82) is 0 Å². The van der Waals surface area contributed by atoms with Crippen molar-refractivity contribution in [3.63, 3.8) is 0 Å². The van der Waals surface area contributed by atoms with E-state index in [1.807, 2.05) is 13.0 Å². The molecule has 0 aliphatic heterocycles. The number of phenolic OH excluding ortho intramolecular Hbond substituents is 1. The van der Waals surface area contributed by atoms with Crippen molar-refractivity contribution < 1.29 is 14.6 Å². The fourth-order valence-electron chi connectivity index (χ4n) is 1.74. The number of rotatable bonds is 3. The molecule has 0 heterocycles. The maximum atomic E-state index is 12.2. The summed E-state index contributed by atoms with van der Waals surface area (Å²) in [6.45, 7) is 7.40. The molecule has 1 N–H and O–H groups in total. The van der Waals surface area contributed by atoms with Gasteiger partial charge in [0.2, 0.25) is 0 Å². The Morgan fingerprint density at radius 2 is 2.15 bits per heavy atom. The molecule has 1 aromatic carbocycles. The standard InChI is InChI=1S/C16H21NO3/c1-6-10-17(15(19)20-16(3,4)5)12(2)13-8-7-9-14(18)11-13/h1,7-9,11-12,18H,10H2,2-5H3. The van der Waals surface area contributed by atoms with Gasteiger partial charge in [-0.1, -0.05) is 18.1 Å². The molecule has 0 aliphatic rings. The Kier molecular flexibility index (Phi) is 5.04. The van der Waals surface area contributed by atoms with Gasteiger partial charge in [0.1, 0.15) is 11.4 Å². The Hall–Kier alpha value is -2.15. The molecule has 0 bridgehead atoms. The van der Waals surface area contributed by atoms with Crippen LogP contribution in [0.1, 0.15) is 39.3 Å². The zero-order chi connectivity index (χ0) is 15.3. The van der Waals surface area contributed by atoms with Crippen LogP contribution in [0.3, 0.4) is 0 Å². The van der Waals surface area contributed by atoms with Crippen molar-refractivity contribution >= 4 is 6.09 Å². The molecule has 0 aromatic heterocycles. The summed E-state index contributed by atoms with van der Waals surface area (Å²) in [6, 6.07) is 6.46. The Balaban J connectivity index is 2.96. The summed E-state index contributed by atoms with van der Waals surface area (Å²) in [5.41, 5.74) is 0.216. The minimum atomic E-state index is -0.581. The number of hydrogen-bond acceptors (Lipinski definition) is 3. The zero-order valence-corrected chi connectivity index (χ0v) is 12.4. The van der Waals surface area contributed by atoms with E-state index in [1.54, 1.807) is 39.0 Å². The molecule has 1 atom stereocenters. The first-order chi connectivity index (χ1) is 9.24. The number of benzene rings is 1. The maximum Gasteiger partial charge on any atom is 0.411 e. The molecule has 0 saturated heterocycles. The van der Waals surface area contributed by atoms with Crippen molar-refractivity contribution in [2.24, 2.45) is 0 Å². The van der Waals surface area contributed by atoms with Gasteiger partial charge in [0.05, 0.1) is 12.6 Å². The van der Waals surface area contributed by atoms with E-state index in [9.17, 15) is 9.90 Å². The van der Waals surface area contributed by atoms with Crippen LogP contribution in [0.5, 0.6) is 5.75 Å². The van der Waals surface area contributed by atoms with Crippen LogP contribution in [0.25, 0.3) is 0 Å². The quantitative estimate of drug-likeness (QED) is 0.861. The predicted octanol–water partition coefficient (Wildman–Crippen LogP) is 3.32. The van der Waals surface area contributed by atoms with Crippen molar-refractivity contribution in [3.05, 3.63) is 29.8 Å². The Bertz CT molecular complexity index is 511. The van der Waals surface area contributed by atoms with Gasteiger partial charge >= 0.3 is 6.09 Å². The highest BCUT2D eigenvalue weighted by atomic mass is 16.6. The van der Waals surface area contributed by atoms with Crippen LogP contribution in [0.4, 0.5) is 4.79 Å². The lowest BCUT2D eigenvalue weighted by molar-refractivity contribution is 0.0204. The number of amides is 1. The predicted molar refractivity (Wildman–Crippen MR) is 78.3 cm³/mol. The highest BCUT2D eigenvalue weighted by Crippen LogP contribution is 2.24. The van der Waals surface area contributed by atoms with Crippen LogP contribution in [0.15, 0.2) is 24.3 Å². The molecule has 4 nitrogen and oxygen atoms in total. The third-order valence-corrected chi connectivity index (χ3v) is 2.71. The van der Waals surface area contributed by atoms with Crippen LogP contribution in [0.2, 0.25) is 0 Å². The molecular weight excluding hydrogens is 254 g/mol. The summed E-state index contributed by atoms with van der Waals surface area (Å²) in [5, 5.41) is 9.52. The summed E-state index contributed by atoms with van der Waals surface area (Å²) in [5.74, 6) is 2.61. The van der Waals surface area contributed by atoms with Gasteiger partial charge in [0, 0.05) is 0 Å². The molecule has 1 rings (SSSR count). The Morgan fingerprint density at radius 1 is 1.50 bits per heavy atom. The second kappa shape index (κ2) is 6.33. The van der Waals surface area contributed by atoms with E-state index < -0.39 is 11.7 Å². The average molecular weight is 275 g/mol.